The fourth-order valence-corrected chi connectivity index (χ4v) is 3.87. The Morgan fingerprint density at radius 1 is 0.917 bits per heavy atom. The maximum atomic E-state index is 13.2. The zero-order valence-electron chi connectivity index (χ0n) is 20.8. The molecule has 1 heterocycles. The molecule has 0 unspecified atom stereocenters. The third-order valence-corrected chi connectivity index (χ3v) is 5.92. The van der Waals surface area contributed by atoms with Gasteiger partial charge in [-0.05, 0) is 55.0 Å². The van der Waals surface area contributed by atoms with Gasteiger partial charge in [-0.1, -0.05) is 38.1 Å². The molecule has 192 valence electrons. The lowest BCUT2D eigenvalue weighted by Crippen LogP contribution is -2.42. The summed E-state index contributed by atoms with van der Waals surface area (Å²) in [4.78, 5) is 50.8. The molecule has 0 fully saturated rings. The van der Waals surface area contributed by atoms with Gasteiger partial charge in [0, 0.05) is 26.1 Å². The van der Waals surface area contributed by atoms with Crippen molar-refractivity contribution < 1.29 is 14.0 Å². The Morgan fingerprint density at radius 2 is 1.64 bits per heavy atom. The SMILES string of the molecule is CC(C)CCNC(=O)CCCCn1c(=O)c2ccccc2n(CC(=O)NCc2ccc(F)cc2)c1=O. The molecule has 0 aliphatic rings. The second-order valence-electron chi connectivity index (χ2n) is 9.24. The summed E-state index contributed by atoms with van der Waals surface area (Å²) in [5.41, 5.74) is 0.113. The maximum Gasteiger partial charge on any atom is 0.331 e. The number of carbonyl (C=O) groups excluding carboxylic acids is 2. The highest BCUT2D eigenvalue weighted by Gasteiger charge is 2.15. The zero-order valence-corrected chi connectivity index (χ0v) is 20.8. The molecule has 0 bridgehead atoms. The van der Waals surface area contributed by atoms with Gasteiger partial charge in [0.1, 0.15) is 12.4 Å². The Hall–Kier alpha value is -3.75. The molecule has 0 radical (unpaired) electrons. The summed E-state index contributed by atoms with van der Waals surface area (Å²) in [7, 11) is 0. The van der Waals surface area contributed by atoms with Crippen molar-refractivity contribution in [3.05, 3.63) is 80.7 Å². The number of halogens is 1. The van der Waals surface area contributed by atoms with Gasteiger partial charge in [0.2, 0.25) is 11.8 Å². The average molecular weight is 497 g/mol. The molecule has 2 N–H and O–H groups in total. The summed E-state index contributed by atoms with van der Waals surface area (Å²) in [5.74, 6) is -0.305. The predicted octanol–water partition coefficient (Wildman–Crippen LogP) is 2.95. The average Bonchev–Trinajstić information content (AvgIpc) is 2.85. The molecule has 0 aliphatic carbocycles. The molecule has 36 heavy (non-hydrogen) atoms. The van der Waals surface area contributed by atoms with Gasteiger partial charge in [-0.15, -0.1) is 0 Å². The molecule has 3 aromatic rings. The van der Waals surface area contributed by atoms with E-state index in [1.165, 1.54) is 16.7 Å². The molecule has 1 aromatic heterocycles. The van der Waals surface area contributed by atoms with Crippen LogP contribution in [0.1, 0.15) is 45.1 Å². The fourth-order valence-electron chi connectivity index (χ4n) is 3.87. The van der Waals surface area contributed by atoms with Gasteiger partial charge < -0.3 is 10.6 Å². The first-order valence-electron chi connectivity index (χ1n) is 12.3. The van der Waals surface area contributed by atoms with Crippen LogP contribution in [0.25, 0.3) is 10.9 Å². The summed E-state index contributed by atoms with van der Waals surface area (Å²) in [5, 5.41) is 5.95. The number of benzene rings is 2. The Labute approximate surface area is 209 Å². The van der Waals surface area contributed by atoms with E-state index < -0.39 is 17.2 Å². The number of rotatable bonds is 12. The van der Waals surface area contributed by atoms with Crippen LogP contribution in [0.4, 0.5) is 4.39 Å². The van der Waals surface area contributed by atoms with E-state index in [9.17, 15) is 23.6 Å². The third kappa shape index (κ3) is 7.37. The second-order valence-corrected chi connectivity index (χ2v) is 9.24. The molecule has 2 amide bonds. The largest absolute Gasteiger partial charge is 0.356 e. The lowest BCUT2D eigenvalue weighted by molar-refractivity contribution is -0.122. The molecule has 8 nitrogen and oxygen atoms in total. The highest BCUT2D eigenvalue weighted by Crippen LogP contribution is 2.09. The number of nitrogens with zero attached hydrogens (tertiary/aromatic N) is 2. The quantitative estimate of drug-likeness (QED) is 0.377. The Kier molecular flexibility index (Phi) is 9.55. The minimum absolute atomic E-state index is 0.0447. The highest BCUT2D eigenvalue weighted by molar-refractivity contribution is 5.81. The minimum atomic E-state index is -0.572. The summed E-state index contributed by atoms with van der Waals surface area (Å²) < 4.78 is 15.5. The van der Waals surface area contributed by atoms with Crippen LogP contribution in [0.15, 0.2) is 58.1 Å². The molecule has 0 saturated carbocycles. The Balaban J connectivity index is 1.68. The first-order valence-corrected chi connectivity index (χ1v) is 12.3. The van der Waals surface area contributed by atoms with Gasteiger partial charge in [0.15, 0.2) is 0 Å². The topological polar surface area (TPSA) is 102 Å². The molecule has 0 atom stereocenters. The number of para-hydroxylation sites is 1. The zero-order chi connectivity index (χ0) is 26.1. The van der Waals surface area contributed by atoms with Crippen molar-refractivity contribution in [2.24, 2.45) is 5.92 Å². The number of hydrogen-bond donors (Lipinski definition) is 2. The number of aromatic nitrogens is 2. The van der Waals surface area contributed by atoms with Gasteiger partial charge in [0.25, 0.3) is 5.56 Å². The van der Waals surface area contributed by atoms with E-state index in [1.54, 1.807) is 36.4 Å². The summed E-state index contributed by atoms with van der Waals surface area (Å²) in [6, 6.07) is 12.4. The van der Waals surface area contributed by atoms with Gasteiger partial charge in [0.05, 0.1) is 10.9 Å². The van der Waals surface area contributed by atoms with Crippen LogP contribution in [0.2, 0.25) is 0 Å². The number of unbranched alkanes of at least 4 members (excludes halogenated alkanes) is 1. The molecule has 0 aliphatic heterocycles. The van der Waals surface area contributed by atoms with Crippen LogP contribution in [-0.2, 0) is 29.2 Å². The fraction of sp³-hybridized carbons (Fsp3) is 0.407. The minimum Gasteiger partial charge on any atom is -0.356 e. The molecule has 2 aromatic carbocycles. The lowest BCUT2D eigenvalue weighted by Gasteiger charge is -2.14. The molecule has 0 saturated heterocycles. The van der Waals surface area contributed by atoms with E-state index in [2.05, 4.69) is 24.5 Å². The van der Waals surface area contributed by atoms with Gasteiger partial charge >= 0.3 is 5.69 Å². The predicted molar refractivity (Wildman–Crippen MR) is 137 cm³/mol. The van der Waals surface area contributed by atoms with Crippen LogP contribution in [-0.4, -0.2) is 27.5 Å². The third-order valence-electron chi connectivity index (χ3n) is 5.92. The summed E-state index contributed by atoms with van der Waals surface area (Å²) in [6.07, 6.45) is 2.24. The highest BCUT2D eigenvalue weighted by atomic mass is 19.1. The van der Waals surface area contributed by atoms with Gasteiger partial charge in [-0.25, -0.2) is 9.18 Å². The van der Waals surface area contributed by atoms with E-state index >= 15 is 0 Å². The number of carbonyl (C=O) groups is 2. The Morgan fingerprint density at radius 3 is 2.36 bits per heavy atom. The van der Waals surface area contributed by atoms with Crippen molar-refractivity contribution in [3.63, 3.8) is 0 Å². The van der Waals surface area contributed by atoms with E-state index in [0.29, 0.717) is 42.6 Å². The molecule has 0 spiro atoms. The van der Waals surface area contributed by atoms with E-state index in [4.69, 9.17) is 0 Å². The first-order chi connectivity index (χ1) is 17.3. The Bertz CT molecular complexity index is 1310. The van der Waals surface area contributed by atoms with Crippen molar-refractivity contribution in [1.82, 2.24) is 19.8 Å². The van der Waals surface area contributed by atoms with Crippen molar-refractivity contribution in [2.75, 3.05) is 6.54 Å². The smallest absolute Gasteiger partial charge is 0.331 e. The summed E-state index contributed by atoms with van der Waals surface area (Å²) >= 11 is 0. The number of hydrogen-bond acceptors (Lipinski definition) is 4. The molecular weight excluding hydrogens is 463 g/mol. The van der Waals surface area contributed by atoms with Crippen molar-refractivity contribution in [3.8, 4) is 0 Å². The number of nitrogens with one attached hydrogen (secondary N) is 2. The van der Waals surface area contributed by atoms with E-state index in [0.717, 1.165) is 16.6 Å². The summed E-state index contributed by atoms with van der Waals surface area (Å²) in [6.45, 7) is 4.89. The van der Waals surface area contributed by atoms with Crippen LogP contribution in [0, 0.1) is 11.7 Å². The lowest BCUT2D eigenvalue weighted by atomic mass is 10.1. The maximum absolute atomic E-state index is 13.2. The normalized spacial score (nSPS) is 11.1. The van der Waals surface area contributed by atoms with Crippen LogP contribution in [0.3, 0.4) is 0 Å². The standard InChI is InChI=1S/C27H33FN4O4/c1-19(2)14-15-29-24(33)9-5-6-16-31-26(35)22-7-3-4-8-23(22)32(27(31)36)18-25(34)30-17-20-10-12-21(28)13-11-20/h3-4,7-8,10-13,19H,5-6,9,14-18H2,1-2H3,(H,29,33)(H,30,34). The van der Waals surface area contributed by atoms with Crippen LogP contribution < -0.4 is 21.9 Å². The molecule has 3 rings (SSSR count). The first kappa shape index (κ1) is 26.8. The second kappa shape index (κ2) is 12.8. The molecule has 9 heteroatoms. The monoisotopic (exact) mass is 496 g/mol. The molecular formula is C27H33FN4O4. The number of fused-ring (bicyclic) bond motifs is 1. The van der Waals surface area contributed by atoms with Crippen molar-refractivity contribution in [1.29, 1.82) is 0 Å². The van der Waals surface area contributed by atoms with E-state index in [-0.39, 0.29) is 31.4 Å². The number of amides is 2. The van der Waals surface area contributed by atoms with Crippen molar-refractivity contribution in [2.45, 2.75) is 59.2 Å². The van der Waals surface area contributed by atoms with E-state index in [1.807, 2.05) is 0 Å². The van der Waals surface area contributed by atoms with Crippen molar-refractivity contribution >= 4 is 22.7 Å². The van der Waals surface area contributed by atoms with Crippen LogP contribution >= 0.6 is 0 Å². The van der Waals surface area contributed by atoms with Crippen LogP contribution in [0.5, 0.6) is 0 Å². The van der Waals surface area contributed by atoms with Gasteiger partial charge in [-0.3, -0.25) is 23.5 Å². The van der Waals surface area contributed by atoms with Gasteiger partial charge in [-0.2, -0.15) is 0 Å².